The molecule has 3 aromatic rings. The van der Waals surface area contributed by atoms with E-state index in [9.17, 15) is 18.3 Å². The van der Waals surface area contributed by atoms with Gasteiger partial charge in [-0.3, -0.25) is 4.98 Å². The molecule has 1 aliphatic rings. The molecule has 1 aliphatic heterocycles. The highest BCUT2D eigenvalue weighted by atomic mass is 32.2. The highest BCUT2D eigenvalue weighted by molar-refractivity contribution is 8.00. The van der Waals surface area contributed by atoms with Crippen molar-refractivity contribution in [3.05, 3.63) is 42.2 Å². The van der Waals surface area contributed by atoms with Gasteiger partial charge in [0.1, 0.15) is 16.5 Å². The number of hydrogen-bond acceptors (Lipinski definition) is 6. The number of nitrogens with zero attached hydrogens (tertiary/aromatic N) is 4. The summed E-state index contributed by atoms with van der Waals surface area (Å²) in [6.45, 7) is 2.03. The molecule has 0 saturated carbocycles. The number of aromatic nitrogens is 3. The molecule has 2 aromatic heterocycles. The monoisotopic (exact) mass is 420 g/mol. The molecule has 4 rings (SSSR count). The van der Waals surface area contributed by atoms with Crippen LogP contribution in [-0.2, 0) is 6.18 Å². The van der Waals surface area contributed by atoms with E-state index in [-0.39, 0.29) is 5.56 Å². The first-order valence-corrected chi connectivity index (χ1v) is 10.1. The van der Waals surface area contributed by atoms with Gasteiger partial charge in [-0.25, -0.2) is 0 Å². The van der Waals surface area contributed by atoms with Gasteiger partial charge in [-0.2, -0.15) is 13.2 Å². The standard InChI is InChI=1S/C20H19F3N4OS/c1-27-8-2-3-13(11-27)29-19-16-10-24-7-6-14(16)18(25-26-19)15-5-4-12(9-17(15)28)20(21,22)23/h4-7,9-10,13,28H,2-3,8,11H2,1H3/t13-/m1/s1. The van der Waals surface area contributed by atoms with Crippen molar-refractivity contribution in [2.24, 2.45) is 0 Å². The van der Waals surface area contributed by atoms with Crippen molar-refractivity contribution in [3.8, 4) is 17.0 Å². The molecule has 9 heteroatoms. The van der Waals surface area contributed by atoms with E-state index < -0.39 is 17.5 Å². The number of pyridine rings is 1. The Labute approximate surface area is 170 Å². The highest BCUT2D eigenvalue weighted by Crippen LogP contribution is 2.39. The van der Waals surface area contributed by atoms with Crippen molar-refractivity contribution in [3.63, 3.8) is 0 Å². The zero-order chi connectivity index (χ0) is 20.6. The first kappa shape index (κ1) is 19.9. The van der Waals surface area contributed by atoms with Crippen molar-refractivity contribution in [1.29, 1.82) is 0 Å². The second kappa shape index (κ2) is 7.79. The van der Waals surface area contributed by atoms with E-state index in [0.29, 0.717) is 22.4 Å². The molecule has 1 aromatic carbocycles. The summed E-state index contributed by atoms with van der Waals surface area (Å²) in [5.74, 6) is -0.485. The lowest BCUT2D eigenvalue weighted by molar-refractivity contribution is -0.137. The maximum Gasteiger partial charge on any atom is 0.416 e. The zero-order valence-electron chi connectivity index (χ0n) is 15.6. The number of piperidine rings is 1. The van der Waals surface area contributed by atoms with Crippen LogP contribution in [0.1, 0.15) is 18.4 Å². The van der Waals surface area contributed by atoms with Crippen LogP contribution >= 0.6 is 11.8 Å². The van der Waals surface area contributed by atoms with Gasteiger partial charge >= 0.3 is 6.18 Å². The molecule has 152 valence electrons. The molecule has 3 heterocycles. The number of thioether (sulfide) groups is 1. The van der Waals surface area contributed by atoms with Gasteiger partial charge in [0.25, 0.3) is 0 Å². The lowest BCUT2D eigenvalue weighted by Crippen LogP contribution is -2.33. The fraction of sp³-hybridized carbons (Fsp3) is 0.350. The molecule has 1 saturated heterocycles. The van der Waals surface area contributed by atoms with Crippen molar-refractivity contribution in [1.82, 2.24) is 20.1 Å². The highest BCUT2D eigenvalue weighted by Gasteiger charge is 2.31. The van der Waals surface area contributed by atoms with E-state index in [1.165, 1.54) is 6.07 Å². The maximum atomic E-state index is 12.9. The number of likely N-dealkylation sites (tertiary alicyclic amines) is 1. The Morgan fingerprint density at radius 3 is 2.72 bits per heavy atom. The van der Waals surface area contributed by atoms with Crippen LogP contribution in [0.3, 0.4) is 0 Å². The third-order valence-corrected chi connectivity index (χ3v) is 6.23. The number of fused-ring (bicyclic) bond motifs is 1. The molecule has 1 fully saturated rings. The molecule has 1 atom stereocenters. The number of hydrogen-bond donors (Lipinski definition) is 1. The van der Waals surface area contributed by atoms with E-state index in [4.69, 9.17) is 0 Å². The number of rotatable bonds is 3. The Hall–Kier alpha value is -2.39. The molecule has 0 aliphatic carbocycles. The van der Waals surface area contributed by atoms with Crippen molar-refractivity contribution in [2.75, 3.05) is 20.1 Å². The predicted molar refractivity (Wildman–Crippen MR) is 106 cm³/mol. The van der Waals surface area contributed by atoms with E-state index in [1.807, 2.05) is 0 Å². The predicted octanol–water partition coefficient (Wildman–Crippen LogP) is 4.60. The van der Waals surface area contributed by atoms with Crippen LogP contribution in [-0.4, -0.2) is 50.6 Å². The van der Waals surface area contributed by atoms with E-state index in [2.05, 4.69) is 27.1 Å². The molecule has 0 unspecified atom stereocenters. The average molecular weight is 420 g/mol. The van der Waals surface area contributed by atoms with Gasteiger partial charge in [0, 0.05) is 40.5 Å². The molecule has 0 bridgehead atoms. The second-order valence-corrected chi connectivity index (χ2v) is 8.44. The topological polar surface area (TPSA) is 62.1 Å². The molecule has 0 amide bonds. The molecular weight excluding hydrogens is 401 g/mol. The Kier molecular flexibility index (Phi) is 5.35. The van der Waals surface area contributed by atoms with Gasteiger partial charge in [0.15, 0.2) is 0 Å². The average Bonchev–Trinajstić information content (AvgIpc) is 2.68. The largest absolute Gasteiger partial charge is 0.507 e. The Morgan fingerprint density at radius 2 is 2.00 bits per heavy atom. The third-order valence-electron chi connectivity index (χ3n) is 4.99. The van der Waals surface area contributed by atoms with E-state index >= 15 is 0 Å². The third kappa shape index (κ3) is 4.16. The lowest BCUT2D eigenvalue weighted by atomic mass is 10.0. The summed E-state index contributed by atoms with van der Waals surface area (Å²) in [7, 11) is 2.09. The van der Waals surface area contributed by atoms with Crippen LogP contribution in [0.15, 0.2) is 41.7 Å². The number of halogens is 3. The van der Waals surface area contributed by atoms with Gasteiger partial charge in [0.05, 0.1) is 5.56 Å². The Balaban J connectivity index is 1.74. The normalized spacial score (nSPS) is 18.3. The molecule has 1 N–H and O–H groups in total. The summed E-state index contributed by atoms with van der Waals surface area (Å²) in [4.78, 5) is 6.46. The fourth-order valence-corrected chi connectivity index (χ4v) is 4.85. The van der Waals surface area contributed by atoms with Crippen LogP contribution < -0.4 is 0 Å². The van der Waals surface area contributed by atoms with E-state index in [0.717, 1.165) is 42.4 Å². The smallest absolute Gasteiger partial charge is 0.416 e. The van der Waals surface area contributed by atoms with Crippen molar-refractivity contribution < 1.29 is 18.3 Å². The minimum atomic E-state index is -4.53. The van der Waals surface area contributed by atoms with Crippen molar-refractivity contribution in [2.45, 2.75) is 29.3 Å². The molecule has 5 nitrogen and oxygen atoms in total. The summed E-state index contributed by atoms with van der Waals surface area (Å²) in [5.41, 5.74) is -0.374. The van der Waals surface area contributed by atoms with Gasteiger partial charge in [-0.15, -0.1) is 10.2 Å². The first-order chi connectivity index (χ1) is 13.8. The number of benzene rings is 1. The van der Waals surface area contributed by atoms with E-state index in [1.54, 1.807) is 30.2 Å². The minimum absolute atomic E-state index is 0.204. The van der Waals surface area contributed by atoms with Crippen LogP contribution in [0.25, 0.3) is 22.0 Å². The van der Waals surface area contributed by atoms with Gasteiger partial charge < -0.3 is 10.0 Å². The zero-order valence-corrected chi connectivity index (χ0v) is 16.5. The van der Waals surface area contributed by atoms with Gasteiger partial charge in [-0.1, -0.05) is 11.8 Å². The van der Waals surface area contributed by atoms with Gasteiger partial charge in [-0.05, 0) is 50.7 Å². The van der Waals surface area contributed by atoms with Crippen LogP contribution in [0.4, 0.5) is 13.2 Å². The Morgan fingerprint density at radius 1 is 1.17 bits per heavy atom. The summed E-state index contributed by atoms with van der Waals surface area (Å²) < 4.78 is 38.7. The quantitative estimate of drug-likeness (QED) is 0.668. The summed E-state index contributed by atoms with van der Waals surface area (Å²) in [5, 5.41) is 21.4. The minimum Gasteiger partial charge on any atom is -0.507 e. The maximum absolute atomic E-state index is 12.9. The van der Waals surface area contributed by atoms with Crippen LogP contribution in [0.2, 0.25) is 0 Å². The number of phenols is 1. The molecule has 0 radical (unpaired) electrons. The van der Waals surface area contributed by atoms with Gasteiger partial charge in [0.2, 0.25) is 0 Å². The molecule has 29 heavy (non-hydrogen) atoms. The lowest BCUT2D eigenvalue weighted by Gasteiger charge is -2.29. The number of phenolic OH excluding ortho intramolecular Hbond substituents is 1. The number of alkyl halides is 3. The van der Waals surface area contributed by atoms with Crippen LogP contribution in [0.5, 0.6) is 5.75 Å². The van der Waals surface area contributed by atoms with Crippen molar-refractivity contribution >= 4 is 22.5 Å². The fourth-order valence-electron chi connectivity index (χ4n) is 3.54. The second-order valence-electron chi connectivity index (χ2n) is 7.15. The SMILES string of the molecule is CN1CCC[C@@H](Sc2nnc(-c3ccc(C(F)(F)F)cc3O)c3ccncc23)C1. The summed E-state index contributed by atoms with van der Waals surface area (Å²) in [6.07, 6.45) is 0.956. The molecule has 0 spiro atoms. The Bertz CT molecular complexity index is 1040. The summed E-state index contributed by atoms with van der Waals surface area (Å²) >= 11 is 1.65. The van der Waals surface area contributed by atoms with Crippen LogP contribution in [0, 0.1) is 0 Å². The summed E-state index contributed by atoms with van der Waals surface area (Å²) in [6, 6.07) is 4.62. The first-order valence-electron chi connectivity index (χ1n) is 9.19. The molecular formula is C20H19F3N4OS. The number of aromatic hydroxyl groups is 1.